The third kappa shape index (κ3) is 7.27. The van der Waals surface area contributed by atoms with E-state index in [1.165, 1.54) is 0 Å². The minimum absolute atomic E-state index is 0.383. The fraction of sp³-hybridized carbons (Fsp3) is 0.462. The lowest BCUT2D eigenvalue weighted by molar-refractivity contribution is -0.404. The molecule has 0 amide bonds. The van der Waals surface area contributed by atoms with Crippen LogP contribution >= 0.6 is 11.8 Å². The summed E-state index contributed by atoms with van der Waals surface area (Å²) in [6.45, 7) is 3.09. The summed E-state index contributed by atoms with van der Waals surface area (Å²) in [5.41, 5.74) is 2.11. The molecule has 0 aliphatic rings. The summed E-state index contributed by atoms with van der Waals surface area (Å²) in [7, 11) is 0. The van der Waals surface area contributed by atoms with Crippen LogP contribution in [-0.2, 0) is 5.75 Å². The second-order valence-electron chi connectivity index (χ2n) is 4.15. The Morgan fingerprint density at radius 3 is 3.00 bits per heavy atom. The molecule has 0 spiro atoms. The predicted octanol–water partition coefficient (Wildman–Crippen LogP) is 1.23. The Hall–Kier alpha value is -2.14. The summed E-state index contributed by atoms with van der Waals surface area (Å²) in [5, 5.41) is 16.4. The third-order valence-corrected chi connectivity index (χ3v) is 3.55. The normalized spacial score (nSPS) is 11.0. The molecule has 0 unspecified atom stereocenters. The number of thioether (sulfide) groups is 1. The van der Waals surface area contributed by atoms with Crippen LogP contribution in [0.3, 0.4) is 0 Å². The molecule has 1 aromatic rings. The molecule has 0 aliphatic heterocycles. The molecular weight excluding hydrogens is 290 g/mol. The highest BCUT2D eigenvalue weighted by molar-refractivity contribution is 7.98. The van der Waals surface area contributed by atoms with Gasteiger partial charge in [0.25, 0.3) is 6.20 Å². The van der Waals surface area contributed by atoms with Crippen molar-refractivity contribution in [1.82, 2.24) is 20.6 Å². The minimum atomic E-state index is -0.494. The summed E-state index contributed by atoms with van der Waals surface area (Å²) < 4.78 is 0. The molecule has 0 fully saturated rings. The fourth-order valence-electron chi connectivity index (χ4n) is 1.50. The maximum absolute atomic E-state index is 10.5. The summed E-state index contributed by atoms with van der Waals surface area (Å²) in [4.78, 5) is 17.2. The molecule has 0 saturated carbocycles. The van der Waals surface area contributed by atoms with Crippen molar-refractivity contribution in [1.29, 1.82) is 0 Å². The van der Waals surface area contributed by atoms with E-state index in [1.807, 2.05) is 6.92 Å². The monoisotopic (exact) mass is 309 g/mol. The zero-order valence-corrected chi connectivity index (χ0v) is 12.7. The molecule has 0 saturated heterocycles. The van der Waals surface area contributed by atoms with Crippen LogP contribution in [-0.4, -0.2) is 33.7 Å². The van der Waals surface area contributed by atoms with Gasteiger partial charge in [-0.2, -0.15) is 11.8 Å². The van der Waals surface area contributed by atoms with Gasteiger partial charge in [-0.1, -0.05) is 0 Å². The third-order valence-electron chi connectivity index (χ3n) is 2.56. The second kappa shape index (κ2) is 9.72. The first-order chi connectivity index (χ1) is 10.1. The summed E-state index contributed by atoms with van der Waals surface area (Å²) in [5.74, 6) is 4.52. The van der Waals surface area contributed by atoms with Crippen LogP contribution in [0.2, 0.25) is 0 Å². The molecule has 21 heavy (non-hydrogen) atoms. The van der Waals surface area contributed by atoms with Crippen molar-refractivity contribution in [2.75, 3.05) is 18.8 Å². The number of aromatic amines is 1. The van der Waals surface area contributed by atoms with Crippen LogP contribution < -0.4 is 10.6 Å². The van der Waals surface area contributed by atoms with Gasteiger partial charge >= 0.3 is 0 Å². The van der Waals surface area contributed by atoms with Gasteiger partial charge < -0.3 is 15.6 Å². The average molecular weight is 309 g/mol. The van der Waals surface area contributed by atoms with Crippen molar-refractivity contribution in [3.05, 3.63) is 39.9 Å². The van der Waals surface area contributed by atoms with E-state index in [4.69, 9.17) is 6.42 Å². The molecule has 0 radical (unpaired) electrons. The van der Waals surface area contributed by atoms with Crippen LogP contribution in [0.4, 0.5) is 0 Å². The van der Waals surface area contributed by atoms with E-state index in [0.717, 1.165) is 29.1 Å². The Morgan fingerprint density at radius 2 is 2.38 bits per heavy atom. The molecule has 3 N–H and O–H groups in total. The molecule has 0 aliphatic carbocycles. The Bertz CT molecular complexity index is 521. The van der Waals surface area contributed by atoms with Gasteiger partial charge in [0, 0.05) is 36.7 Å². The maximum Gasteiger partial charge on any atom is 0.274 e. The highest BCUT2D eigenvalue weighted by atomic mass is 32.2. The highest BCUT2D eigenvalue weighted by Gasteiger charge is 2.03. The molecule has 0 atom stereocenters. The Kier molecular flexibility index (Phi) is 7.82. The van der Waals surface area contributed by atoms with Gasteiger partial charge in [-0.25, -0.2) is 4.98 Å². The molecule has 8 heteroatoms. The molecule has 0 aromatic carbocycles. The van der Waals surface area contributed by atoms with Gasteiger partial charge in [0.05, 0.1) is 16.9 Å². The Labute approximate surface area is 128 Å². The predicted molar refractivity (Wildman–Crippen MR) is 84.0 cm³/mol. The molecule has 1 rings (SSSR count). The smallest absolute Gasteiger partial charge is 0.274 e. The van der Waals surface area contributed by atoms with Crippen molar-refractivity contribution in [3.63, 3.8) is 0 Å². The van der Waals surface area contributed by atoms with Gasteiger partial charge in [-0.05, 0) is 6.92 Å². The zero-order valence-electron chi connectivity index (χ0n) is 11.9. The van der Waals surface area contributed by atoms with Crippen molar-refractivity contribution in [2.45, 2.75) is 19.1 Å². The van der Waals surface area contributed by atoms with Crippen LogP contribution in [0.1, 0.15) is 17.8 Å². The number of rotatable bonds is 10. The minimum Gasteiger partial charge on any atom is -0.366 e. The summed E-state index contributed by atoms with van der Waals surface area (Å²) >= 11 is 1.72. The van der Waals surface area contributed by atoms with Gasteiger partial charge in [-0.15, -0.1) is 12.3 Å². The van der Waals surface area contributed by atoms with Crippen molar-refractivity contribution < 1.29 is 4.92 Å². The number of H-pyrrole nitrogens is 1. The number of hydrogen-bond donors (Lipinski definition) is 3. The van der Waals surface area contributed by atoms with Crippen molar-refractivity contribution in [3.8, 4) is 12.3 Å². The number of nitrogens with zero attached hydrogens (tertiary/aromatic N) is 2. The van der Waals surface area contributed by atoms with Crippen molar-refractivity contribution in [2.24, 2.45) is 0 Å². The van der Waals surface area contributed by atoms with Crippen LogP contribution in [0.15, 0.2) is 18.3 Å². The highest BCUT2D eigenvalue weighted by Crippen LogP contribution is 2.11. The lowest BCUT2D eigenvalue weighted by Crippen LogP contribution is -2.29. The van der Waals surface area contributed by atoms with Gasteiger partial charge in [0.15, 0.2) is 5.82 Å². The first kappa shape index (κ1) is 16.9. The first-order valence-electron chi connectivity index (χ1n) is 6.46. The lowest BCUT2D eigenvalue weighted by atomic mass is 10.4. The SMILES string of the molecule is C#CCCNC(=C[N+](=O)[O-])NCCSCc1[nH]cnc1C. The second-order valence-corrected chi connectivity index (χ2v) is 5.26. The maximum atomic E-state index is 10.5. The van der Waals surface area contributed by atoms with E-state index in [2.05, 4.69) is 26.5 Å². The molecule has 0 bridgehead atoms. The number of nitro groups is 1. The number of nitrogens with one attached hydrogen (secondary N) is 3. The average Bonchev–Trinajstić information content (AvgIpc) is 2.83. The molecule has 7 nitrogen and oxygen atoms in total. The Morgan fingerprint density at radius 1 is 1.62 bits per heavy atom. The largest absolute Gasteiger partial charge is 0.366 e. The first-order valence-corrected chi connectivity index (χ1v) is 7.62. The van der Waals surface area contributed by atoms with Crippen LogP contribution in [0, 0.1) is 29.4 Å². The summed E-state index contributed by atoms with van der Waals surface area (Å²) in [6.07, 6.45) is 8.25. The van der Waals surface area contributed by atoms with Gasteiger partial charge in [-0.3, -0.25) is 10.1 Å². The number of hydrogen-bond acceptors (Lipinski definition) is 6. The Balaban J connectivity index is 2.25. The van der Waals surface area contributed by atoms with Gasteiger partial charge in [0.2, 0.25) is 0 Å². The molecular formula is C13H19N5O2S. The van der Waals surface area contributed by atoms with E-state index in [-0.39, 0.29) is 0 Å². The fourth-order valence-corrected chi connectivity index (χ4v) is 2.38. The topological polar surface area (TPSA) is 95.9 Å². The number of aryl methyl sites for hydroxylation is 1. The number of terminal acetylenes is 1. The molecule has 1 aromatic heterocycles. The molecule has 1 heterocycles. The molecule has 114 valence electrons. The van der Waals surface area contributed by atoms with E-state index in [9.17, 15) is 10.1 Å². The lowest BCUT2D eigenvalue weighted by Gasteiger charge is -2.10. The zero-order chi connectivity index (χ0) is 15.5. The van der Waals surface area contributed by atoms with E-state index < -0.39 is 4.92 Å². The van der Waals surface area contributed by atoms with Crippen molar-refractivity contribution >= 4 is 11.8 Å². The standard InChI is InChI=1S/C13H19N5O2S/c1-3-4-5-14-13(8-18(19)20)15-6-7-21-9-12-11(2)16-10-17-12/h1,8,10,14-15H,4-7,9H2,2H3,(H,16,17). The van der Waals surface area contributed by atoms with Gasteiger partial charge in [0.1, 0.15) is 0 Å². The van der Waals surface area contributed by atoms with E-state index in [1.54, 1.807) is 18.1 Å². The quantitative estimate of drug-likeness (QED) is 0.260. The van der Waals surface area contributed by atoms with Crippen LogP contribution in [0.5, 0.6) is 0 Å². The summed E-state index contributed by atoms with van der Waals surface area (Å²) in [6, 6.07) is 0. The number of imidazole rings is 1. The van der Waals surface area contributed by atoms with E-state index >= 15 is 0 Å². The van der Waals surface area contributed by atoms with E-state index in [0.29, 0.717) is 25.3 Å². The van der Waals surface area contributed by atoms with Crippen LogP contribution in [0.25, 0.3) is 0 Å². The number of aromatic nitrogens is 2.